The predicted octanol–water partition coefficient (Wildman–Crippen LogP) is 2.58. The molecule has 0 saturated heterocycles. The van der Waals surface area contributed by atoms with Crippen molar-refractivity contribution in [3.05, 3.63) is 72.8 Å². The summed E-state index contributed by atoms with van der Waals surface area (Å²) < 4.78 is 12.9. The molecule has 0 aliphatic rings. The Morgan fingerprint density at radius 1 is 1.15 bits per heavy atom. The molecule has 2 aromatic carbocycles. The van der Waals surface area contributed by atoms with Gasteiger partial charge in [0, 0.05) is 36.7 Å². The Kier molecular flexibility index (Phi) is 6.24. The molecule has 136 valence electrons. The van der Waals surface area contributed by atoms with Crippen molar-refractivity contribution in [1.29, 1.82) is 0 Å². The first-order valence-corrected chi connectivity index (χ1v) is 8.51. The number of aromatic nitrogens is 2. The summed E-state index contributed by atoms with van der Waals surface area (Å²) in [5, 5.41) is 13.5. The third-order valence-corrected chi connectivity index (χ3v) is 4.02. The average molecular weight is 353 g/mol. The predicted molar refractivity (Wildman–Crippen MR) is 99.9 cm³/mol. The Hall–Kier alpha value is -2.83. The number of methoxy groups -OCH3 is 1. The molecule has 2 N–H and O–H groups in total. The van der Waals surface area contributed by atoms with Crippen LogP contribution in [0.3, 0.4) is 0 Å². The van der Waals surface area contributed by atoms with Crippen LogP contribution in [0, 0.1) is 0 Å². The SMILES string of the molecule is COc1ccccc1C(O)CNCCOc1ccc(-n2ccnc2)cc1. The number of nitrogens with one attached hydrogen (secondary N) is 1. The number of benzene rings is 2. The molecule has 6 nitrogen and oxygen atoms in total. The second-order valence-electron chi connectivity index (χ2n) is 5.77. The first-order valence-electron chi connectivity index (χ1n) is 8.51. The van der Waals surface area contributed by atoms with E-state index >= 15 is 0 Å². The highest BCUT2D eigenvalue weighted by molar-refractivity contribution is 5.37. The third-order valence-electron chi connectivity index (χ3n) is 4.02. The van der Waals surface area contributed by atoms with Gasteiger partial charge in [-0.05, 0) is 30.3 Å². The molecule has 0 aliphatic carbocycles. The van der Waals surface area contributed by atoms with Crippen molar-refractivity contribution in [1.82, 2.24) is 14.9 Å². The molecule has 0 radical (unpaired) electrons. The van der Waals surface area contributed by atoms with Crippen LogP contribution in [-0.2, 0) is 0 Å². The summed E-state index contributed by atoms with van der Waals surface area (Å²) in [5.41, 5.74) is 1.81. The summed E-state index contributed by atoms with van der Waals surface area (Å²) in [4.78, 5) is 4.03. The van der Waals surface area contributed by atoms with Crippen molar-refractivity contribution in [2.75, 3.05) is 26.8 Å². The van der Waals surface area contributed by atoms with Gasteiger partial charge in [-0.25, -0.2) is 4.98 Å². The number of rotatable bonds is 9. The molecular formula is C20H23N3O3. The van der Waals surface area contributed by atoms with E-state index in [0.717, 1.165) is 17.0 Å². The Balaban J connectivity index is 1.40. The zero-order chi connectivity index (χ0) is 18.2. The maximum atomic E-state index is 10.3. The fourth-order valence-corrected chi connectivity index (χ4v) is 2.66. The molecule has 1 heterocycles. The molecule has 1 unspecified atom stereocenters. The van der Waals surface area contributed by atoms with E-state index in [1.165, 1.54) is 0 Å². The lowest BCUT2D eigenvalue weighted by atomic mass is 10.1. The molecule has 0 aliphatic heterocycles. The highest BCUT2D eigenvalue weighted by Crippen LogP contribution is 2.24. The molecule has 1 aromatic heterocycles. The van der Waals surface area contributed by atoms with Crippen LogP contribution in [0.25, 0.3) is 5.69 Å². The molecule has 0 saturated carbocycles. The molecule has 0 fully saturated rings. The highest BCUT2D eigenvalue weighted by atomic mass is 16.5. The van der Waals surface area contributed by atoms with Crippen molar-refractivity contribution in [2.24, 2.45) is 0 Å². The maximum Gasteiger partial charge on any atom is 0.124 e. The second kappa shape index (κ2) is 9.03. The van der Waals surface area contributed by atoms with Crippen LogP contribution < -0.4 is 14.8 Å². The van der Waals surface area contributed by atoms with Gasteiger partial charge in [-0.1, -0.05) is 18.2 Å². The van der Waals surface area contributed by atoms with E-state index < -0.39 is 6.10 Å². The van der Waals surface area contributed by atoms with Crippen LogP contribution in [0.2, 0.25) is 0 Å². The number of aliphatic hydroxyl groups is 1. The van der Waals surface area contributed by atoms with Crippen molar-refractivity contribution in [3.8, 4) is 17.2 Å². The molecule has 3 aromatic rings. The fourth-order valence-electron chi connectivity index (χ4n) is 2.66. The van der Waals surface area contributed by atoms with Gasteiger partial charge in [0.2, 0.25) is 0 Å². The number of imidazole rings is 1. The van der Waals surface area contributed by atoms with Gasteiger partial charge >= 0.3 is 0 Å². The van der Waals surface area contributed by atoms with Crippen LogP contribution in [0.5, 0.6) is 11.5 Å². The number of hydrogen-bond acceptors (Lipinski definition) is 5. The number of para-hydroxylation sites is 1. The first kappa shape index (κ1) is 18.0. The lowest BCUT2D eigenvalue weighted by molar-refractivity contribution is 0.168. The van der Waals surface area contributed by atoms with Gasteiger partial charge in [-0.2, -0.15) is 0 Å². The number of nitrogens with zero attached hydrogens (tertiary/aromatic N) is 2. The Morgan fingerprint density at radius 3 is 2.69 bits per heavy atom. The van der Waals surface area contributed by atoms with E-state index in [9.17, 15) is 5.11 Å². The monoisotopic (exact) mass is 353 g/mol. The normalized spacial score (nSPS) is 11.9. The molecule has 0 amide bonds. The topological polar surface area (TPSA) is 68.5 Å². The molecule has 3 rings (SSSR count). The van der Waals surface area contributed by atoms with Gasteiger partial charge in [0.05, 0.1) is 19.5 Å². The summed E-state index contributed by atoms with van der Waals surface area (Å²) in [5.74, 6) is 1.50. The van der Waals surface area contributed by atoms with Crippen molar-refractivity contribution in [3.63, 3.8) is 0 Å². The van der Waals surface area contributed by atoms with Gasteiger partial charge < -0.3 is 24.5 Å². The lowest BCUT2D eigenvalue weighted by Crippen LogP contribution is -2.26. The van der Waals surface area contributed by atoms with Crippen molar-refractivity contribution >= 4 is 0 Å². The fraction of sp³-hybridized carbons (Fsp3) is 0.250. The zero-order valence-corrected chi connectivity index (χ0v) is 14.7. The van der Waals surface area contributed by atoms with Crippen molar-refractivity contribution < 1.29 is 14.6 Å². The molecule has 1 atom stereocenters. The highest BCUT2D eigenvalue weighted by Gasteiger charge is 2.11. The number of aliphatic hydroxyl groups excluding tert-OH is 1. The van der Waals surface area contributed by atoms with E-state index in [1.54, 1.807) is 19.6 Å². The van der Waals surface area contributed by atoms with E-state index in [-0.39, 0.29) is 0 Å². The third kappa shape index (κ3) is 4.62. The lowest BCUT2D eigenvalue weighted by Gasteiger charge is -2.15. The van der Waals surface area contributed by atoms with Gasteiger partial charge in [0.15, 0.2) is 0 Å². The van der Waals surface area contributed by atoms with Gasteiger partial charge in [0.25, 0.3) is 0 Å². The van der Waals surface area contributed by atoms with Gasteiger partial charge in [0.1, 0.15) is 18.1 Å². The second-order valence-corrected chi connectivity index (χ2v) is 5.77. The molecule has 0 spiro atoms. The maximum absolute atomic E-state index is 10.3. The van der Waals surface area contributed by atoms with E-state index in [2.05, 4.69) is 10.3 Å². The summed E-state index contributed by atoms with van der Waals surface area (Å²) in [6, 6.07) is 15.3. The largest absolute Gasteiger partial charge is 0.496 e. The molecular weight excluding hydrogens is 330 g/mol. The smallest absolute Gasteiger partial charge is 0.124 e. The van der Waals surface area contributed by atoms with E-state index in [4.69, 9.17) is 9.47 Å². The standard InChI is InChI=1S/C20H23N3O3/c1-25-20-5-3-2-4-18(20)19(24)14-21-11-13-26-17-8-6-16(7-9-17)23-12-10-22-15-23/h2-10,12,15,19,21,24H,11,13-14H2,1H3. The summed E-state index contributed by atoms with van der Waals surface area (Å²) >= 11 is 0. The van der Waals surface area contributed by atoms with Crippen LogP contribution in [-0.4, -0.2) is 41.5 Å². The first-order chi connectivity index (χ1) is 12.8. The van der Waals surface area contributed by atoms with Crippen LogP contribution >= 0.6 is 0 Å². The molecule has 6 heteroatoms. The quantitative estimate of drug-likeness (QED) is 0.579. The molecule has 0 bridgehead atoms. The van der Waals surface area contributed by atoms with E-state index in [0.29, 0.717) is 25.4 Å². The Labute approximate surface area is 153 Å². The van der Waals surface area contributed by atoms with Gasteiger partial charge in [-0.3, -0.25) is 0 Å². The van der Waals surface area contributed by atoms with Gasteiger partial charge in [-0.15, -0.1) is 0 Å². The Morgan fingerprint density at radius 2 is 1.96 bits per heavy atom. The summed E-state index contributed by atoms with van der Waals surface area (Å²) in [6.07, 6.45) is 4.77. The minimum atomic E-state index is -0.624. The van der Waals surface area contributed by atoms with Crippen LogP contribution in [0.1, 0.15) is 11.7 Å². The number of hydrogen-bond donors (Lipinski definition) is 2. The minimum Gasteiger partial charge on any atom is -0.496 e. The summed E-state index contributed by atoms with van der Waals surface area (Å²) in [6.45, 7) is 1.59. The van der Waals surface area contributed by atoms with Crippen LogP contribution in [0.15, 0.2) is 67.3 Å². The Bertz CT molecular complexity index is 788. The average Bonchev–Trinajstić information content (AvgIpc) is 3.23. The van der Waals surface area contributed by atoms with E-state index in [1.807, 2.05) is 59.3 Å². The summed E-state index contributed by atoms with van der Waals surface area (Å²) in [7, 11) is 1.60. The molecule has 26 heavy (non-hydrogen) atoms. The van der Waals surface area contributed by atoms with Crippen molar-refractivity contribution in [2.45, 2.75) is 6.10 Å². The number of ether oxygens (including phenoxy) is 2. The zero-order valence-electron chi connectivity index (χ0n) is 14.7. The minimum absolute atomic E-state index is 0.434. The van der Waals surface area contributed by atoms with Crippen LogP contribution in [0.4, 0.5) is 0 Å².